The zero-order chi connectivity index (χ0) is 23.5. The number of hydrogen-bond acceptors (Lipinski definition) is 5. The number of hydrogen-bond donors (Lipinski definition) is 0. The van der Waals surface area contributed by atoms with E-state index in [9.17, 15) is 18.4 Å². The maximum atomic E-state index is 13.4. The topological polar surface area (TPSA) is 68.7 Å². The number of anilines is 1. The van der Waals surface area contributed by atoms with Crippen LogP contribution in [0.1, 0.15) is 68.9 Å². The van der Waals surface area contributed by atoms with Gasteiger partial charge in [0.2, 0.25) is 5.91 Å². The zero-order valence-corrected chi connectivity index (χ0v) is 18.8. The summed E-state index contributed by atoms with van der Waals surface area (Å²) in [6, 6.07) is 6.13. The van der Waals surface area contributed by atoms with Gasteiger partial charge in [-0.05, 0) is 57.9 Å². The molecule has 6 nitrogen and oxygen atoms in total. The predicted octanol–water partition coefficient (Wildman–Crippen LogP) is 5.56. The molecule has 2 heterocycles. The molecule has 1 aromatic heterocycles. The van der Waals surface area contributed by atoms with Crippen LogP contribution in [0.15, 0.2) is 30.5 Å². The molecule has 2 aromatic rings. The summed E-state index contributed by atoms with van der Waals surface area (Å²) in [6.07, 6.45) is 1.51. The molecule has 1 aliphatic rings. The van der Waals surface area contributed by atoms with Gasteiger partial charge < -0.3 is 14.4 Å². The molecule has 0 atom stereocenters. The van der Waals surface area contributed by atoms with Gasteiger partial charge in [0.15, 0.2) is 0 Å². The summed E-state index contributed by atoms with van der Waals surface area (Å²) in [5.74, 6) is -0.370. The molecule has 8 heteroatoms. The van der Waals surface area contributed by atoms with E-state index < -0.39 is 23.7 Å². The molecule has 1 amide bonds. The van der Waals surface area contributed by atoms with Crippen LogP contribution in [0.5, 0.6) is 5.75 Å². The minimum Gasteiger partial charge on any atom is -0.494 e. The van der Waals surface area contributed by atoms with Crippen LogP contribution in [0.2, 0.25) is 0 Å². The summed E-state index contributed by atoms with van der Waals surface area (Å²) >= 11 is 0. The molecule has 0 unspecified atom stereocenters. The lowest BCUT2D eigenvalue weighted by atomic mass is 9.97. The van der Waals surface area contributed by atoms with Crippen molar-refractivity contribution in [2.24, 2.45) is 0 Å². The number of carbonyl (C=O) groups is 2. The maximum Gasteiger partial charge on any atom is 0.339 e. The minimum atomic E-state index is -2.79. The summed E-state index contributed by atoms with van der Waals surface area (Å²) < 4.78 is 37.7. The average molecular weight is 446 g/mol. The molecule has 1 aromatic carbocycles. The van der Waals surface area contributed by atoms with Crippen LogP contribution in [-0.2, 0) is 9.53 Å². The fraction of sp³-hybridized carbons (Fsp3) is 0.458. The highest BCUT2D eigenvalue weighted by Crippen LogP contribution is 2.37. The molecule has 0 bridgehead atoms. The van der Waals surface area contributed by atoms with Crippen LogP contribution < -0.4 is 9.64 Å². The molecule has 1 fully saturated rings. The number of amides is 1. The van der Waals surface area contributed by atoms with E-state index in [1.54, 1.807) is 43.9 Å². The largest absolute Gasteiger partial charge is 0.494 e. The molecule has 0 spiro atoms. The standard InChI is InChI=1S/C24H28F2N2O4/c1-24(2,3)32-23(30)16-10-9-15(28-11-7-5-6-8-21(28)29)12-17(16)18-13-19(22(25)26)27-14-20(18)31-4/h9-10,12-14,22H,5-8,11H2,1-4H3. The molecular weight excluding hydrogens is 418 g/mol. The number of alkyl halides is 2. The van der Waals surface area contributed by atoms with Gasteiger partial charge in [0, 0.05) is 29.8 Å². The number of methoxy groups -OCH3 is 1. The molecule has 1 saturated heterocycles. The van der Waals surface area contributed by atoms with Crippen LogP contribution >= 0.6 is 0 Å². The Kier molecular flexibility index (Phi) is 7.11. The highest BCUT2D eigenvalue weighted by Gasteiger charge is 2.26. The quantitative estimate of drug-likeness (QED) is 0.563. The Morgan fingerprint density at radius 3 is 2.53 bits per heavy atom. The first-order valence-electron chi connectivity index (χ1n) is 10.6. The number of rotatable bonds is 5. The molecule has 0 N–H and O–H groups in total. The normalized spacial score (nSPS) is 15.0. The third-order valence-corrected chi connectivity index (χ3v) is 5.13. The van der Waals surface area contributed by atoms with E-state index in [2.05, 4.69) is 4.98 Å². The zero-order valence-electron chi connectivity index (χ0n) is 18.8. The van der Waals surface area contributed by atoms with Crippen molar-refractivity contribution >= 4 is 17.6 Å². The van der Waals surface area contributed by atoms with E-state index in [4.69, 9.17) is 9.47 Å². The van der Waals surface area contributed by atoms with Crippen LogP contribution in [0.4, 0.5) is 14.5 Å². The number of aromatic nitrogens is 1. The van der Waals surface area contributed by atoms with E-state index >= 15 is 0 Å². The van der Waals surface area contributed by atoms with Crippen molar-refractivity contribution in [2.45, 2.75) is 58.5 Å². The van der Waals surface area contributed by atoms with Gasteiger partial charge in [0.25, 0.3) is 6.43 Å². The summed E-state index contributed by atoms with van der Waals surface area (Å²) in [6.45, 7) is 5.80. The monoisotopic (exact) mass is 446 g/mol. The lowest BCUT2D eigenvalue weighted by Gasteiger charge is -2.24. The van der Waals surface area contributed by atoms with E-state index in [0.717, 1.165) is 19.3 Å². The van der Waals surface area contributed by atoms with Gasteiger partial charge in [0.05, 0.1) is 18.9 Å². The van der Waals surface area contributed by atoms with E-state index in [1.165, 1.54) is 19.4 Å². The second-order valence-corrected chi connectivity index (χ2v) is 8.70. The van der Waals surface area contributed by atoms with Crippen molar-refractivity contribution in [1.82, 2.24) is 4.98 Å². The molecule has 0 saturated carbocycles. The van der Waals surface area contributed by atoms with Crippen LogP contribution in [0, 0.1) is 0 Å². The summed E-state index contributed by atoms with van der Waals surface area (Å²) in [7, 11) is 1.40. The average Bonchev–Trinajstić information content (AvgIpc) is 2.95. The second kappa shape index (κ2) is 9.63. The minimum absolute atomic E-state index is 0.00608. The molecule has 0 aliphatic carbocycles. The summed E-state index contributed by atoms with van der Waals surface area (Å²) in [5, 5.41) is 0. The first kappa shape index (κ1) is 23.6. The Morgan fingerprint density at radius 1 is 1.12 bits per heavy atom. The Morgan fingerprint density at radius 2 is 1.88 bits per heavy atom. The number of benzene rings is 1. The van der Waals surface area contributed by atoms with E-state index in [0.29, 0.717) is 24.2 Å². The number of pyridine rings is 1. The van der Waals surface area contributed by atoms with Crippen molar-refractivity contribution < 1.29 is 27.8 Å². The van der Waals surface area contributed by atoms with E-state index in [-0.39, 0.29) is 22.8 Å². The molecule has 3 rings (SSSR count). The predicted molar refractivity (Wildman–Crippen MR) is 117 cm³/mol. The maximum absolute atomic E-state index is 13.4. The smallest absolute Gasteiger partial charge is 0.339 e. The van der Waals surface area contributed by atoms with Gasteiger partial charge >= 0.3 is 5.97 Å². The molecule has 1 aliphatic heterocycles. The van der Waals surface area contributed by atoms with Crippen LogP contribution in [0.3, 0.4) is 0 Å². The first-order chi connectivity index (χ1) is 15.1. The van der Waals surface area contributed by atoms with Gasteiger partial charge in [0.1, 0.15) is 17.0 Å². The number of ether oxygens (including phenoxy) is 2. The Labute approximate surface area is 186 Å². The van der Waals surface area contributed by atoms with Gasteiger partial charge in [-0.15, -0.1) is 0 Å². The lowest BCUT2D eigenvalue weighted by Crippen LogP contribution is -2.30. The third kappa shape index (κ3) is 5.41. The molecule has 0 radical (unpaired) electrons. The van der Waals surface area contributed by atoms with Gasteiger partial charge in [-0.25, -0.2) is 13.6 Å². The number of esters is 1. The SMILES string of the molecule is COc1cnc(C(F)F)cc1-c1cc(N2CCCCCC2=O)ccc1C(=O)OC(C)(C)C. The van der Waals surface area contributed by atoms with Gasteiger partial charge in [-0.3, -0.25) is 9.78 Å². The lowest BCUT2D eigenvalue weighted by molar-refractivity contribution is -0.118. The second-order valence-electron chi connectivity index (χ2n) is 8.70. The van der Waals surface area contributed by atoms with Crippen molar-refractivity contribution in [2.75, 3.05) is 18.6 Å². The van der Waals surface area contributed by atoms with Crippen LogP contribution in [0.25, 0.3) is 11.1 Å². The molecule has 32 heavy (non-hydrogen) atoms. The summed E-state index contributed by atoms with van der Waals surface area (Å²) in [4.78, 5) is 31.0. The molecular formula is C24H28F2N2O4. The fourth-order valence-electron chi connectivity index (χ4n) is 3.64. The van der Waals surface area contributed by atoms with E-state index in [1.807, 2.05) is 0 Å². The fourth-order valence-corrected chi connectivity index (χ4v) is 3.64. The van der Waals surface area contributed by atoms with Crippen molar-refractivity contribution in [1.29, 1.82) is 0 Å². The van der Waals surface area contributed by atoms with Crippen molar-refractivity contribution in [3.05, 3.63) is 41.7 Å². The first-order valence-corrected chi connectivity index (χ1v) is 10.6. The van der Waals surface area contributed by atoms with Gasteiger partial charge in [-0.2, -0.15) is 0 Å². The number of halogens is 2. The Balaban J connectivity index is 2.19. The molecule has 172 valence electrons. The highest BCUT2D eigenvalue weighted by molar-refractivity contribution is 6.01. The number of nitrogens with zero attached hydrogens (tertiary/aromatic N) is 2. The van der Waals surface area contributed by atoms with Crippen molar-refractivity contribution in [3.63, 3.8) is 0 Å². The Bertz CT molecular complexity index is 1000. The number of carbonyl (C=O) groups excluding carboxylic acids is 2. The van der Waals surface area contributed by atoms with Crippen LogP contribution in [-0.4, -0.2) is 36.1 Å². The third-order valence-electron chi connectivity index (χ3n) is 5.13. The van der Waals surface area contributed by atoms with Gasteiger partial charge in [-0.1, -0.05) is 6.42 Å². The van der Waals surface area contributed by atoms with Crippen molar-refractivity contribution in [3.8, 4) is 16.9 Å². The summed E-state index contributed by atoms with van der Waals surface area (Å²) in [5.41, 5.74) is 0.224. The highest BCUT2D eigenvalue weighted by atomic mass is 19.3. The Hall–Kier alpha value is -3.03.